The van der Waals surface area contributed by atoms with Crippen molar-refractivity contribution in [3.05, 3.63) is 77.9 Å². The maximum atomic E-state index is 9.08. The Morgan fingerprint density at radius 1 is 1.28 bits per heavy atom. The fourth-order valence-electron chi connectivity index (χ4n) is 2.73. The van der Waals surface area contributed by atoms with E-state index in [2.05, 4.69) is 41.5 Å². The molecule has 0 saturated carbocycles. The molecule has 3 aromatic rings. The van der Waals surface area contributed by atoms with Crippen molar-refractivity contribution in [3.8, 4) is 17.5 Å². The zero-order valence-corrected chi connectivity index (χ0v) is 14.3. The van der Waals surface area contributed by atoms with Gasteiger partial charge in [-0.05, 0) is 42.8 Å². The lowest BCUT2D eigenvalue weighted by atomic mass is 10.1. The summed E-state index contributed by atoms with van der Waals surface area (Å²) in [5, 5.41) is 12.6. The van der Waals surface area contributed by atoms with Crippen molar-refractivity contribution in [3.63, 3.8) is 0 Å². The number of nitriles is 1. The third kappa shape index (κ3) is 3.87. The van der Waals surface area contributed by atoms with Gasteiger partial charge >= 0.3 is 0 Å². The van der Waals surface area contributed by atoms with Crippen LogP contribution in [-0.4, -0.2) is 16.7 Å². The van der Waals surface area contributed by atoms with Gasteiger partial charge in [-0.1, -0.05) is 12.1 Å². The number of rotatable bonds is 6. The maximum Gasteiger partial charge on any atom is 0.123 e. The Bertz CT molecular complexity index is 881. The molecule has 25 heavy (non-hydrogen) atoms. The highest BCUT2D eigenvalue weighted by atomic mass is 16.5. The van der Waals surface area contributed by atoms with E-state index in [9.17, 15) is 0 Å². The molecule has 0 radical (unpaired) electrons. The summed E-state index contributed by atoms with van der Waals surface area (Å²) < 4.78 is 7.37. The highest BCUT2D eigenvalue weighted by molar-refractivity contribution is 5.42. The number of hydrogen-bond donors (Lipinski definition) is 1. The molecule has 0 amide bonds. The minimum Gasteiger partial charge on any atom is -0.496 e. The van der Waals surface area contributed by atoms with Crippen LogP contribution in [-0.2, 0) is 6.54 Å². The normalized spacial score (nSPS) is 11.7. The molecule has 0 aliphatic rings. The third-order valence-corrected chi connectivity index (χ3v) is 4.18. The first kappa shape index (κ1) is 16.7. The van der Waals surface area contributed by atoms with E-state index in [1.165, 1.54) is 5.56 Å². The van der Waals surface area contributed by atoms with Crippen LogP contribution in [0.4, 0.5) is 0 Å². The van der Waals surface area contributed by atoms with Gasteiger partial charge in [0.1, 0.15) is 5.75 Å². The first-order chi connectivity index (χ1) is 12.2. The van der Waals surface area contributed by atoms with Crippen LogP contribution >= 0.6 is 0 Å². The van der Waals surface area contributed by atoms with E-state index in [1.54, 1.807) is 25.7 Å². The van der Waals surface area contributed by atoms with E-state index >= 15 is 0 Å². The molecule has 126 valence electrons. The average molecular weight is 332 g/mol. The Morgan fingerprint density at radius 2 is 2.16 bits per heavy atom. The topological polar surface area (TPSA) is 62.9 Å². The zero-order chi connectivity index (χ0) is 17.6. The van der Waals surface area contributed by atoms with Crippen molar-refractivity contribution in [2.75, 3.05) is 7.11 Å². The van der Waals surface area contributed by atoms with Crippen LogP contribution in [0.1, 0.15) is 29.7 Å². The van der Waals surface area contributed by atoms with Gasteiger partial charge in [0.25, 0.3) is 0 Å². The summed E-state index contributed by atoms with van der Waals surface area (Å²) in [7, 11) is 1.64. The Hall–Kier alpha value is -3.10. The van der Waals surface area contributed by atoms with E-state index in [0.717, 1.165) is 17.0 Å². The Kier molecular flexibility index (Phi) is 5.12. The van der Waals surface area contributed by atoms with Crippen LogP contribution in [0.5, 0.6) is 5.75 Å². The van der Waals surface area contributed by atoms with Gasteiger partial charge in [0, 0.05) is 36.2 Å². The summed E-state index contributed by atoms with van der Waals surface area (Å²) in [6.07, 6.45) is 5.48. The summed E-state index contributed by atoms with van der Waals surface area (Å²) in [5.41, 5.74) is 3.86. The molecule has 0 spiro atoms. The number of methoxy groups -OCH3 is 1. The van der Waals surface area contributed by atoms with Gasteiger partial charge in [-0.2, -0.15) is 5.26 Å². The molecule has 1 atom stereocenters. The first-order valence-corrected chi connectivity index (χ1v) is 8.10. The van der Waals surface area contributed by atoms with Gasteiger partial charge in [-0.15, -0.1) is 0 Å². The maximum absolute atomic E-state index is 9.08. The van der Waals surface area contributed by atoms with Crippen molar-refractivity contribution in [1.82, 2.24) is 14.9 Å². The van der Waals surface area contributed by atoms with Crippen molar-refractivity contribution >= 4 is 0 Å². The molecule has 3 rings (SSSR count). The molecule has 0 fully saturated rings. The van der Waals surface area contributed by atoms with Crippen molar-refractivity contribution < 1.29 is 4.74 Å². The minimum absolute atomic E-state index is 0.152. The zero-order valence-electron chi connectivity index (χ0n) is 14.3. The van der Waals surface area contributed by atoms with E-state index in [-0.39, 0.29) is 6.04 Å². The van der Waals surface area contributed by atoms with Crippen LogP contribution < -0.4 is 10.1 Å². The first-order valence-electron chi connectivity index (χ1n) is 8.10. The van der Waals surface area contributed by atoms with Gasteiger partial charge in [0.05, 0.1) is 25.1 Å². The van der Waals surface area contributed by atoms with Crippen LogP contribution in [0.3, 0.4) is 0 Å². The molecule has 0 aliphatic carbocycles. The molecule has 1 heterocycles. The second-order valence-corrected chi connectivity index (χ2v) is 5.81. The fraction of sp³-hybridized carbons (Fsp3) is 0.200. The van der Waals surface area contributed by atoms with Crippen LogP contribution in [0.25, 0.3) is 5.69 Å². The van der Waals surface area contributed by atoms with Gasteiger partial charge in [0.15, 0.2) is 0 Å². The molecule has 0 saturated heterocycles. The number of ether oxygens (including phenoxy) is 1. The van der Waals surface area contributed by atoms with Gasteiger partial charge < -0.3 is 14.6 Å². The quantitative estimate of drug-likeness (QED) is 0.749. The van der Waals surface area contributed by atoms with Crippen LogP contribution in [0.15, 0.2) is 61.2 Å². The van der Waals surface area contributed by atoms with E-state index < -0.39 is 0 Å². The minimum atomic E-state index is 0.152. The molecule has 5 heteroatoms. The second kappa shape index (κ2) is 7.65. The predicted molar refractivity (Wildman–Crippen MR) is 96.5 cm³/mol. The summed E-state index contributed by atoms with van der Waals surface area (Å²) in [4.78, 5) is 4.09. The SMILES string of the molecule is COc1ccc(C#N)cc1CNC(C)c1cccc(-n2ccnc2)c1. The van der Waals surface area contributed by atoms with E-state index in [1.807, 2.05) is 29.0 Å². The van der Waals surface area contributed by atoms with E-state index in [0.29, 0.717) is 12.1 Å². The number of benzene rings is 2. The second-order valence-electron chi connectivity index (χ2n) is 5.81. The average Bonchev–Trinajstić information content (AvgIpc) is 3.20. The number of aromatic nitrogens is 2. The highest BCUT2D eigenvalue weighted by Crippen LogP contribution is 2.22. The molecule has 1 unspecified atom stereocenters. The number of hydrogen-bond acceptors (Lipinski definition) is 4. The van der Waals surface area contributed by atoms with Crippen molar-refractivity contribution in [2.24, 2.45) is 0 Å². The largest absolute Gasteiger partial charge is 0.496 e. The number of nitrogens with one attached hydrogen (secondary N) is 1. The molecular formula is C20H20N4O. The standard InChI is InChI=1S/C20H20N4O/c1-15(17-4-3-5-19(11-17)24-9-8-22-14-24)23-13-18-10-16(12-21)6-7-20(18)25-2/h3-11,14-15,23H,13H2,1-2H3. The monoisotopic (exact) mass is 332 g/mol. The summed E-state index contributed by atoms with van der Waals surface area (Å²) >= 11 is 0. The summed E-state index contributed by atoms with van der Waals surface area (Å²) in [6, 6.07) is 16.1. The lowest BCUT2D eigenvalue weighted by Gasteiger charge is -2.17. The van der Waals surface area contributed by atoms with Crippen molar-refractivity contribution in [1.29, 1.82) is 5.26 Å². The van der Waals surface area contributed by atoms with Gasteiger partial charge in [-0.25, -0.2) is 4.98 Å². The molecule has 0 bridgehead atoms. The van der Waals surface area contributed by atoms with Crippen LogP contribution in [0, 0.1) is 11.3 Å². The Morgan fingerprint density at radius 3 is 2.88 bits per heavy atom. The summed E-state index contributed by atoms with van der Waals surface area (Å²) in [5.74, 6) is 0.783. The molecule has 1 aromatic heterocycles. The number of nitrogens with zero attached hydrogens (tertiary/aromatic N) is 3. The molecule has 5 nitrogen and oxygen atoms in total. The van der Waals surface area contributed by atoms with Gasteiger partial charge in [0.2, 0.25) is 0 Å². The molecular weight excluding hydrogens is 312 g/mol. The summed E-state index contributed by atoms with van der Waals surface area (Å²) in [6.45, 7) is 2.74. The van der Waals surface area contributed by atoms with E-state index in [4.69, 9.17) is 10.00 Å². The lowest BCUT2D eigenvalue weighted by Crippen LogP contribution is -2.18. The molecule has 2 aromatic carbocycles. The Labute approximate surface area is 147 Å². The smallest absolute Gasteiger partial charge is 0.123 e. The van der Waals surface area contributed by atoms with Gasteiger partial charge in [-0.3, -0.25) is 0 Å². The molecule has 0 aliphatic heterocycles. The third-order valence-electron chi connectivity index (χ3n) is 4.18. The van der Waals surface area contributed by atoms with Crippen LogP contribution in [0.2, 0.25) is 0 Å². The predicted octanol–water partition coefficient (Wildman–Crippen LogP) is 3.60. The Balaban J connectivity index is 1.74. The molecule has 1 N–H and O–H groups in total. The van der Waals surface area contributed by atoms with Crippen molar-refractivity contribution in [2.45, 2.75) is 19.5 Å². The number of imidazole rings is 1. The fourth-order valence-corrected chi connectivity index (χ4v) is 2.73. The lowest BCUT2D eigenvalue weighted by molar-refractivity contribution is 0.406. The highest BCUT2D eigenvalue weighted by Gasteiger charge is 2.09.